The second-order valence-electron chi connectivity index (χ2n) is 6.03. The minimum atomic E-state index is -0.445. The zero-order chi connectivity index (χ0) is 18.5. The average molecular weight is 356 g/mol. The van der Waals surface area contributed by atoms with E-state index in [4.69, 9.17) is 14.2 Å². The number of esters is 1. The Morgan fingerprint density at radius 1 is 1.19 bits per heavy atom. The number of pyridine rings is 1. The maximum absolute atomic E-state index is 13.1. The molecule has 1 aromatic carbocycles. The lowest BCUT2D eigenvalue weighted by molar-refractivity contribution is -0.145. The molecule has 2 heterocycles. The highest BCUT2D eigenvalue weighted by molar-refractivity contribution is 5.95. The highest BCUT2D eigenvalue weighted by atomic mass is 16.7. The summed E-state index contributed by atoms with van der Waals surface area (Å²) in [7, 11) is 1.34. The summed E-state index contributed by atoms with van der Waals surface area (Å²) in [6.45, 7) is 2.48. The molecule has 0 spiro atoms. The lowest BCUT2D eigenvalue weighted by Crippen LogP contribution is -2.36. The Hall–Kier alpha value is -3.09. The number of amides is 1. The van der Waals surface area contributed by atoms with Crippen LogP contribution in [0.2, 0.25) is 0 Å². The van der Waals surface area contributed by atoms with Crippen LogP contribution >= 0.6 is 0 Å². The van der Waals surface area contributed by atoms with Crippen molar-refractivity contribution in [2.24, 2.45) is 5.92 Å². The molecule has 2 aromatic rings. The first-order chi connectivity index (χ1) is 12.6. The van der Waals surface area contributed by atoms with E-state index in [1.165, 1.54) is 7.11 Å². The summed E-state index contributed by atoms with van der Waals surface area (Å²) in [6, 6.07) is 8.74. The number of carbonyl (C=O) groups is 2. The van der Waals surface area contributed by atoms with Gasteiger partial charge in [0.05, 0.1) is 13.0 Å². The fourth-order valence-electron chi connectivity index (χ4n) is 2.75. The number of hydrogen-bond acceptors (Lipinski definition) is 6. The highest BCUT2D eigenvalue weighted by Gasteiger charge is 2.24. The van der Waals surface area contributed by atoms with Gasteiger partial charge >= 0.3 is 5.97 Å². The van der Waals surface area contributed by atoms with Gasteiger partial charge in [-0.05, 0) is 35.9 Å². The van der Waals surface area contributed by atoms with Crippen molar-refractivity contribution < 1.29 is 23.8 Å². The molecular weight excluding hydrogens is 336 g/mol. The van der Waals surface area contributed by atoms with E-state index in [2.05, 4.69) is 4.98 Å². The summed E-state index contributed by atoms with van der Waals surface area (Å²) < 4.78 is 15.4. The molecule has 1 aliphatic rings. The van der Waals surface area contributed by atoms with Gasteiger partial charge in [0.1, 0.15) is 0 Å². The summed E-state index contributed by atoms with van der Waals surface area (Å²) in [5, 5.41) is 0. The maximum Gasteiger partial charge on any atom is 0.310 e. The van der Waals surface area contributed by atoms with Crippen LogP contribution in [0.3, 0.4) is 0 Å². The number of hydrogen-bond donors (Lipinski definition) is 0. The summed E-state index contributed by atoms with van der Waals surface area (Å²) in [5.41, 5.74) is 1.39. The zero-order valence-electron chi connectivity index (χ0n) is 14.7. The SMILES string of the molecule is COC(=O)C(C)CN(Cc1ccncc1)C(=O)c1ccc2c(c1)OCO2. The highest BCUT2D eigenvalue weighted by Crippen LogP contribution is 2.33. The molecule has 1 amide bonds. The van der Waals surface area contributed by atoms with Crippen molar-refractivity contribution in [3.05, 3.63) is 53.9 Å². The zero-order valence-corrected chi connectivity index (χ0v) is 14.7. The molecule has 26 heavy (non-hydrogen) atoms. The lowest BCUT2D eigenvalue weighted by atomic mass is 10.1. The minimum absolute atomic E-state index is 0.146. The van der Waals surface area contributed by atoms with Crippen LogP contribution in [0.15, 0.2) is 42.7 Å². The van der Waals surface area contributed by atoms with Crippen LogP contribution in [-0.4, -0.2) is 42.2 Å². The minimum Gasteiger partial charge on any atom is -0.469 e. The van der Waals surface area contributed by atoms with Crippen molar-refractivity contribution in [1.29, 1.82) is 0 Å². The first kappa shape index (κ1) is 17.7. The summed E-state index contributed by atoms with van der Waals surface area (Å²) in [5.74, 6) is 0.157. The van der Waals surface area contributed by atoms with Gasteiger partial charge in [-0.3, -0.25) is 14.6 Å². The number of methoxy groups -OCH3 is 1. The van der Waals surface area contributed by atoms with Crippen molar-refractivity contribution in [3.63, 3.8) is 0 Å². The van der Waals surface area contributed by atoms with E-state index in [9.17, 15) is 9.59 Å². The number of aromatic nitrogens is 1. The summed E-state index contributed by atoms with van der Waals surface area (Å²) in [4.78, 5) is 30.5. The van der Waals surface area contributed by atoms with Gasteiger partial charge in [-0.2, -0.15) is 0 Å². The molecule has 0 saturated carbocycles. The number of rotatable bonds is 6. The van der Waals surface area contributed by atoms with E-state index in [0.29, 0.717) is 23.6 Å². The molecule has 1 aromatic heterocycles. The molecule has 136 valence electrons. The van der Waals surface area contributed by atoms with Crippen molar-refractivity contribution in [3.8, 4) is 11.5 Å². The number of fused-ring (bicyclic) bond motifs is 1. The van der Waals surface area contributed by atoms with Gasteiger partial charge in [-0.25, -0.2) is 0 Å². The van der Waals surface area contributed by atoms with Crippen LogP contribution < -0.4 is 9.47 Å². The van der Waals surface area contributed by atoms with Crippen LogP contribution in [-0.2, 0) is 16.1 Å². The smallest absolute Gasteiger partial charge is 0.310 e. The molecule has 7 heteroatoms. The predicted molar refractivity (Wildman–Crippen MR) is 92.7 cm³/mol. The molecule has 1 aliphatic heterocycles. The van der Waals surface area contributed by atoms with Gasteiger partial charge in [-0.15, -0.1) is 0 Å². The fraction of sp³-hybridized carbons (Fsp3) is 0.316. The third-order valence-electron chi connectivity index (χ3n) is 4.13. The van der Waals surface area contributed by atoms with Gasteiger partial charge in [0.2, 0.25) is 6.79 Å². The quantitative estimate of drug-likeness (QED) is 0.739. The number of carbonyl (C=O) groups excluding carboxylic acids is 2. The third kappa shape index (κ3) is 3.93. The van der Waals surface area contributed by atoms with E-state index in [1.807, 2.05) is 12.1 Å². The van der Waals surface area contributed by atoms with E-state index in [1.54, 1.807) is 42.4 Å². The van der Waals surface area contributed by atoms with Crippen LogP contribution in [0, 0.1) is 5.92 Å². The van der Waals surface area contributed by atoms with Gasteiger partial charge in [0.15, 0.2) is 11.5 Å². The molecule has 0 fully saturated rings. The van der Waals surface area contributed by atoms with Crippen LogP contribution in [0.25, 0.3) is 0 Å². The Kier molecular flexibility index (Phi) is 5.36. The average Bonchev–Trinajstić information content (AvgIpc) is 3.14. The molecule has 1 atom stereocenters. The number of ether oxygens (including phenoxy) is 3. The molecule has 1 unspecified atom stereocenters. The van der Waals surface area contributed by atoms with Gasteiger partial charge in [-0.1, -0.05) is 6.92 Å². The van der Waals surface area contributed by atoms with E-state index < -0.39 is 5.92 Å². The van der Waals surface area contributed by atoms with Crippen molar-refractivity contribution >= 4 is 11.9 Å². The molecule has 3 rings (SSSR count). The van der Waals surface area contributed by atoms with Crippen molar-refractivity contribution in [2.45, 2.75) is 13.5 Å². The van der Waals surface area contributed by atoms with Gasteiger partial charge < -0.3 is 19.1 Å². The van der Waals surface area contributed by atoms with Crippen molar-refractivity contribution in [2.75, 3.05) is 20.4 Å². The summed E-state index contributed by atoms with van der Waals surface area (Å²) in [6.07, 6.45) is 3.34. The normalized spacial score (nSPS) is 13.2. The topological polar surface area (TPSA) is 78.0 Å². The first-order valence-corrected chi connectivity index (χ1v) is 8.24. The predicted octanol–water partition coefficient (Wildman–Crippen LogP) is 2.26. The summed E-state index contributed by atoms with van der Waals surface area (Å²) >= 11 is 0. The molecule has 0 aliphatic carbocycles. The molecule has 7 nitrogen and oxygen atoms in total. The van der Waals surface area contributed by atoms with Gasteiger partial charge in [0.25, 0.3) is 5.91 Å². The van der Waals surface area contributed by atoms with Crippen LogP contribution in [0.5, 0.6) is 11.5 Å². The van der Waals surface area contributed by atoms with Crippen LogP contribution in [0.1, 0.15) is 22.8 Å². The monoisotopic (exact) mass is 356 g/mol. The molecular formula is C19H20N2O5. The Morgan fingerprint density at radius 3 is 2.65 bits per heavy atom. The Morgan fingerprint density at radius 2 is 1.92 bits per heavy atom. The number of benzene rings is 1. The largest absolute Gasteiger partial charge is 0.469 e. The van der Waals surface area contributed by atoms with E-state index in [0.717, 1.165) is 5.56 Å². The Labute approximate surface area is 151 Å². The molecule has 0 N–H and O–H groups in total. The standard InChI is InChI=1S/C19H20N2O5/c1-13(19(23)24-2)10-21(11-14-5-7-20-8-6-14)18(22)15-3-4-16-17(9-15)26-12-25-16/h3-9,13H,10-12H2,1-2H3. The maximum atomic E-state index is 13.1. The Bertz CT molecular complexity index is 794. The van der Waals surface area contributed by atoms with Crippen LogP contribution in [0.4, 0.5) is 0 Å². The first-order valence-electron chi connectivity index (χ1n) is 8.24. The molecule has 0 radical (unpaired) electrons. The van der Waals surface area contributed by atoms with Gasteiger partial charge in [0, 0.05) is 31.0 Å². The third-order valence-corrected chi connectivity index (χ3v) is 4.13. The second kappa shape index (κ2) is 7.86. The van der Waals surface area contributed by atoms with E-state index in [-0.39, 0.29) is 25.2 Å². The lowest BCUT2D eigenvalue weighted by Gasteiger charge is -2.25. The Balaban J connectivity index is 1.83. The number of nitrogens with zero attached hydrogens (tertiary/aromatic N) is 2. The van der Waals surface area contributed by atoms with Crippen molar-refractivity contribution in [1.82, 2.24) is 9.88 Å². The second-order valence-corrected chi connectivity index (χ2v) is 6.03. The van der Waals surface area contributed by atoms with E-state index >= 15 is 0 Å². The fourth-order valence-corrected chi connectivity index (χ4v) is 2.75. The molecule has 0 bridgehead atoms. The molecule has 0 saturated heterocycles.